The minimum atomic E-state index is -0.664. The van der Waals surface area contributed by atoms with Gasteiger partial charge in [-0.05, 0) is 51.4 Å². The summed E-state index contributed by atoms with van der Waals surface area (Å²) in [5, 5.41) is 23.4. The summed E-state index contributed by atoms with van der Waals surface area (Å²) < 4.78 is 5.48. The molecule has 0 aliphatic heterocycles. The van der Waals surface area contributed by atoms with E-state index < -0.39 is 12.1 Å². The van der Waals surface area contributed by atoms with Crippen LogP contribution in [0, 0.1) is 0 Å². The highest BCUT2D eigenvalue weighted by molar-refractivity contribution is 5.76. The van der Waals surface area contributed by atoms with E-state index in [0.29, 0.717) is 25.9 Å². The van der Waals surface area contributed by atoms with Crippen LogP contribution in [0.1, 0.15) is 399 Å². The van der Waals surface area contributed by atoms with Crippen molar-refractivity contribution in [2.75, 3.05) is 13.2 Å². The van der Waals surface area contributed by atoms with E-state index in [0.717, 1.165) is 51.4 Å². The van der Waals surface area contributed by atoms with Crippen molar-refractivity contribution in [2.45, 2.75) is 411 Å². The van der Waals surface area contributed by atoms with Crippen molar-refractivity contribution in [3.63, 3.8) is 0 Å². The van der Waals surface area contributed by atoms with E-state index in [1.165, 1.54) is 315 Å². The molecule has 0 fully saturated rings. The topological polar surface area (TPSA) is 95.9 Å². The van der Waals surface area contributed by atoms with Crippen LogP contribution in [0.2, 0.25) is 0 Å². The van der Waals surface area contributed by atoms with Gasteiger partial charge in [-0.1, -0.05) is 359 Å². The molecule has 0 radical (unpaired) electrons. The molecule has 0 aromatic rings. The molecule has 0 saturated heterocycles. The van der Waals surface area contributed by atoms with Gasteiger partial charge in [0.25, 0.3) is 0 Å². The standard InChI is InChI=1S/C72H139NO5/c1-3-5-7-9-11-13-15-17-18-19-20-21-28-31-34-37-41-44-48-52-56-60-64-70(75)69(68-74)73-71(76)65-61-57-53-49-45-42-38-35-32-29-26-24-22-23-25-27-30-33-36-39-43-47-51-55-59-63-67-78-72(77)66-62-58-54-50-46-40-16-14-12-10-8-6-4-2/h8,10,14,16,69-70,74-75H,3-7,9,11-13,15,17-68H2,1-2H3,(H,73,76)/b10-8-,16-14-. The Kier molecular flexibility index (Phi) is 66.4. The van der Waals surface area contributed by atoms with Gasteiger partial charge in [0.1, 0.15) is 0 Å². The zero-order valence-corrected chi connectivity index (χ0v) is 52.9. The fourth-order valence-corrected chi connectivity index (χ4v) is 11.3. The Labute approximate surface area is 488 Å². The molecule has 0 saturated carbocycles. The second-order valence-corrected chi connectivity index (χ2v) is 24.6. The Bertz CT molecular complexity index is 1220. The van der Waals surface area contributed by atoms with Gasteiger partial charge in [-0.3, -0.25) is 9.59 Å². The van der Waals surface area contributed by atoms with E-state index in [4.69, 9.17) is 4.74 Å². The number of hydrogen-bond acceptors (Lipinski definition) is 5. The summed E-state index contributed by atoms with van der Waals surface area (Å²) in [5.74, 6) is -0.0254. The summed E-state index contributed by atoms with van der Waals surface area (Å²) in [4.78, 5) is 24.6. The molecule has 2 atom stereocenters. The minimum absolute atomic E-state index is 0.00267. The van der Waals surface area contributed by atoms with E-state index in [-0.39, 0.29) is 18.5 Å². The highest BCUT2D eigenvalue weighted by atomic mass is 16.5. The summed E-state index contributed by atoms with van der Waals surface area (Å²) in [6, 6.07) is -0.541. The van der Waals surface area contributed by atoms with Crippen molar-refractivity contribution >= 4 is 11.9 Å². The first-order valence-electron chi connectivity index (χ1n) is 35.6. The largest absolute Gasteiger partial charge is 0.466 e. The first kappa shape index (κ1) is 76.3. The molecule has 6 heteroatoms. The van der Waals surface area contributed by atoms with E-state index in [2.05, 4.69) is 43.5 Å². The van der Waals surface area contributed by atoms with Crippen molar-refractivity contribution in [2.24, 2.45) is 0 Å². The lowest BCUT2D eigenvalue weighted by molar-refractivity contribution is -0.143. The Morgan fingerprint density at radius 3 is 1.03 bits per heavy atom. The third-order valence-corrected chi connectivity index (χ3v) is 16.7. The van der Waals surface area contributed by atoms with Crippen LogP contribution < -0.4 is 5.32 Å². The Balaban J connectivity index is 3.36. The maximum absolute atomic E-state index is 12.6. The molecular weight excluding hydrogens is 959 g/mol. The molecule has 0 heterocycles. The fourth-order valence-electron chi connectivity index (χ4n) is 11.3. The number of carbonyl (C=O) groups is 2. The van der Waals surface area contributed by atoms with Crippen LogP contribution in [0.25, 0.3) is 0 Å². The van der Waals surface area contributed by atoms with Crippen molar-refractivity contribution in [3.8, 4) is 0 Å². The lowest BCUT2D eigenvalue weighted by Gasteiger charge is -2.22. The molecule has 6 nitrogen and oxygen atoms in total. The minimum Gasteiger partial charge on any atom is -0.466 e. The van der Waals surface area contributed by atoms with E-state index in [1.54, 1.807) is 0 Å². The SMILES string of the molecule is CCC/C=C\C/C=C\CCCCCCCC(=O)OCCCCCCCCCCCCCCCCCCCCCCCCCCCCC(=O)NC(CO)C(O)CCCCCCCCCCCCCCCCCCCCCCCC. The summed E-state index contributed by atoms with van der Waals surface area (Å²) in [6.07, 6.45) is 85.1. The average molecular weight is 1100 g/mol. The van der Waals surface area contributed by atoms with Crippen LogP contribution in [0.4, 0.5) is 0 Å². The van der Waals surface area contributed by atoms with Gasteiger partial charge in [0.15, 0.2) is 0 Å². The second-order valence-electron chi connectivity index (χ2n) is 24.6. The number of aliphatic hydroxyl groups is 2. The predicted octanol–water partition coefficient (Wildman–Crippen LogP) is 22.9. The maximum atomic E-state index is 12.6. The second kappa shape index (κ2) is 67.8. The van der Waals surface area contributed by atoms with Gasteiger partial charge in [-0.15, -0.1) is 0 Å². The molecular formula is C72H139NO5. The number of rotatable bonds is 67. The Morgan fingerprint density at radius 2 is 0.667 bits per heavy atom. The molecule has 0 aliphatic carbocycles. The zero-order chi connectivity index (χ0) is 56.4. The number of allylic oxidation sites excluding steroid dienone is 4. The van der Waals surface area contributed by atoms with Crippen LogP contribution >= 0.6 is 0 Å². The molecule has 462 valence electrons. The van der Waals surface area contributed by atoms with Crippen LogP contribution in [-0.2, 0) is 14.3 Å². The molecule has 0 aliphatic rings. The van der Waals surface area contributed by atoms with Crippen molar-refractivity contribution < 1.29 is 24.5 Å². The maximum Gasteiger partial charge on any atom is 0.305 e. The molecule has 0 aromatic carbocycles. The van der Waals surface area contributed by atoms with Gasteiger partial charge in [0.05, 0.1) is 25.4 Å². The number of ether oxygens (including phenoxy) is 1. The summed E-state index contributed by atoms with van der Waals surface area (Å²) in [6.45, 7) is 4.92. The Hall–Kier alpha value is -1.66. The number of amides is 1. The molecule has 1 amide bonds. The molecule has 0 aromatic heterocycles. The monoisotopic (exact) mass is 1100 g/mol. The Morgan fingerprint density at radius 1 is 0.359 bits per heavy atom. The summed E-state index contributed by atoms with van der Waals surface area (Å²) in [7, 11) is 0. The third kappa shape index (κ3) is 63.5. The van der Waals surface area contributed by atoms with Crippen molar-refractivity contribution in [1.29, 1.82) is 0 Å². The van der Waals surface area contributed by atoms with Gasteiger partial charge in [0, 0.05) is 12.8 Å². The molecule has 0 spiro atoms. The number of carbonyl (C=O) groups excluding carboxylic acids is 2. The predicted molar refractivity (Wildman–Crippen MR) is 343 cm³/mol. The van der Waals surface area contributed by atoms with Crippen LogP contribution in [0.5, 0.6) is 0 Å². The van der Waals surface area contributed by atoms with Crippen LogP contribution in [0.3, 0.4) is 0 Å². The number of aliphatic hydroxyl groups excluding tert-OH is 2. The van der Waals surface area contributed by atoms with E-state index >= 15 is 0 Å². The lowest BCUT2D eigenvalue weighted by Crippen LogP contribution is -2.45. The molecule has 78 heavy (non-hydrogen) atoms. The quantitative estimate of drug-likeness (QED) is 0.0320. The zero-order valence-electron chi connectivity index (χ0n) is 52.9. The number of esters is 1. The molecule has 2 unspecified atom stereocenters. The fraction of sp³-hybridized carbons (Fsp3) is 0.917. The van der Waals surface area contributed by atoms with E-state index in [1.807, 2.05) is 0 Å². The van der Waals surface area contributed by atoms with Gasteiger partial charge in [0.2, 0.25) is 5.91 Å². The van der Waals surface area contributed by atoms with Gasteiger partial charge < -0.3 is 20.3 Å². The normalized spacial score (nSPS) is 12.6. The van der Waals surface area contributed by atoms with Gasteiger partial charge in [-0.25, -0.2) is 0 Å². The van der Waals surface area contributed by atoms with E-state index in [9.17, 15) is 19.8 Å². The first-order chi connectivity index (χ1) is 38.5. The highest BCUT2D eigenvalue weighted by Gasteiger charge is 2.20. The first-order valence-corrected chi connectivity index (χ1v) is 35.6. The van der Waals surface area contributed by atoms with Crippen molar-refractivity contribution in [3.05, 3.63) is 24.3 Å². The molecule has 0 rings (SSSR count). The average Bonchev–Trinajstić information content (AvgIpc) is 3.44. The highest BCUT2D eigenvalue weighted by Crippen LogP contribution is 2.19. The summed E-state index contributed by atoms with van der Waals surface area (Å²) in [5.41, 5.74) is 0. The van der Waals surface area contributed by atoms with Gasteiger partial charge in [-0.2, -0.15) is 0 Å². The number of unbranched alkanes of at least 4 members (excludes halogenated alkanes) is 52. The molecule has 0 bridgehead atoms. The summed E-state index contributed by atoms with van der Waals surface area (Å²) >= 11 is 0. The van der Waals surface area contributed by atoms with Crippen LogP contribution in [0.15, 0.2) is 24.3 Å². The smallest absolute Gasteiger partial charge is 0.305 e. The molecule has 3 N–H and O–H groups in total. The van der Waals surface area contributed by atoms with Crippen molar-refractivity contribution in [1.82, 2.24) is 5.32 Å². The number of hydrogen-bond donors (Lipinski definition) is 3. The number of nitrogens with one attached hydrogen (secondary N) is 1. The lowest BCUT2D eigenvalue weighted by atomic mass is 10.0. The van der Waals surface area contributed by atoms with Crippen LogP contribution in [-0.4, -0.2) is 47.4 Å². The van der Waals surface area contributed by atoms with Gasteiger partial charge >= 0.3 is 5.97 Å². The third-order valence-electron chi connectivity index (χ3n) is 16.7.